The van der Waals surface area contributed by atoms with Crippen LogP contribution in [0.25, 0.3) is 0 Å². The van der Waals surface area contributed by atoms with Crippen LogP contribution in [0, 0.1) is 23.0 Å². The maximum Gasteiger partial charge on any atom is 0.320 e. The summed E-state index contributed by atoms with van der Waals surface area (Å²) in [5.41, 5.74) is 0.903. The molecule has 30 heavy (non-hydrogen) atoms. The minimum absolute atomic E-state index is 0.00409. The molecule has 1 aliphatic rings. The molecule has 0 spiro atoms. The van der Waals surface area contributed by atoms with E-state index >= 15 is 0 Å². The first-order valence-electron chi connectivity index (χ1n) is 8.91. The van der Waals surface area contributed by atoms with Crippen LogP contribution in [0.2, 0.25) is 0 Å². The van der Waals surface area contributed by atoms with Crippen molar-refractivity contribution in [3.05, 3.63) is 69.9 Å². The topological polar surface area (TPSA) is 143 Å². The van der Waals surface area contributed by atoms with E-state index in [0.29, 0.717) is 5.69 Å². The number of anilines is 1. The van der Waals surface area contributed by atoms with E-state index in [0.717, 1.165) is 5.56 Å². The molecule has 3 rings (SSSR count). The molecular formula is C20H20N4O6. The van der Waals surface area contributed by atoms with Crippen molar-refractivity contribution in [2.24, 2.45) is 5.92 Å². The zero-order valence-electron chi connectivity index (χ0n) is 16.3. The Hall–Kier alpha value is -4.08. The number of amides is 3. The number of nitro groups is 1. The Morgan fingerprint density at radius 1 is 1.30 bits per heavy atom. The highest BCUT2D eigenvalue weighted by molar-refractivity contribution is 5.97. The number of ether oxygens (including phenoxy) is 1. The summed E-state index contributed by atoms with van der Waals surface area (Å²) in [4.78, 5) is 36.2. The number of phenols is 1. The van der Waals surface area contributed by atoms with Crippen LogP contribution >= 0.6 is 0 Å². The molecule has 1 fully saturated rings. The number of urea groups is 1. The van der Waals surface area contributed by atoms with Crippen molar-refractivity contribution in [2.45, 2.75) is 13.0 Å². The van der Waals surface area contributed by atoms with Gasteiger partial charge in [0, 0.05) is 11.4 Å². The fraction of sp³-hybridized carbons (Fsp3) is 0.200. The summed E-state index contributed by atoms with van der Waals surface area (Å²) >= 11 is 0. The summed E-state index contributed by atoms with van der Waals surface area (Å²) < 4.78 is 4.99. The Kier molecular flexibility index (Phi) is 5.58. The molecule has 1 aliphatic heterocycles. The Balaban J connectivity index is 2.08. The minimum atomic E-state index is -1.12. The number of carbonyl (C=O) groups is 2. The standard InChI is InChI=1S/C20H20N4O6/c1-10-6-4-5-7-13(10)22-19(26)15-11(2)21-20(27)23-16(15)12-8-9-14(25)18(30-3)17(12)24(28)29/h4-9,15-16,25H,2H2,1,3H3,(H,22,26)(H2,21,23,27)/t15-,16+/m0/s1. The summed E-state index contributed by atoms with van der Waals surface area (Å²) in [7, 11) is 1.17. The van der Waals surface area contributed by atoms with Gasteiger partial charge in [0.15, 0.2) is 5.75 Å². The predicted molar refractivity (Wildman–Crippen MR) is 108 cm³/mol. The van der Waals surface area contributed by atoms with Gasteiger partial charge in [-0.1, -0.05) is 24.8 Å². The maximum absolute atomic E-state index is 13.1. The smallest absolute Gasteiger partial charge is 0.320 e. The number of nitro benzene ring substituents is 1. The molecule has 4 N–H and O–H groups in total. The summed E-state index contributed by atoms with van der Waals surface area (Å²) in [5, 5.41) is 29.4. The second-order valence-electron chi connectivity index (χ2n) is 6.70. The van der Waals surface area contributed by atoms with Crippen molar-refractivity contribution in [3.63, 3.8) is 0 Å². The molecule has 2 aromatic carbocycles. The van der Waals surface area contributed by atoms with E-state index in [9.17, 15) is 24.8 Å². The molecule has 1 heterocycles. The van der Waals surface area contributed by atoms with Crippen LogP contribution < -0.4 is 20.7 Å². The molecule has 1 saturated heterocycles. The van der Waals surface area contributed by atoms with Crippen LogP contribution in [-0.2, 0) is 4.79 Å². The molecule has 0 radical (unpaired) electrons. The molecule has 2 aromatic rings. The Labute approximate surface area is 171 Å². The van der Waals surface area contributed by atoms with Gasteiger partial charge in [0.2, 0.25) is 11.7 Å². The molecule has 156 valence electrons. The second kappa shape index (κ2) is 8.11. The number of benzene rings is 2. The molecule has 2 atom stereocenters. The van der Waals surface area contributed by atoms with Crippen molar-refractivity contribution in [1.82, 2.24) is 10.6 Å². The van der Waals surface area contributed by atoms with E-state index in [4.69, 9.17) is 4.74 Å². The number of hydrogen-bond acceptors (Lipinski definition) is 6. The zero-order valence-corrected chi connectivity index (χ0v) is 16.3. The van der Waals surface area contributed by atoms with Crippen LogP contribution in [0.1, 0.15) is 17.2 Å². The fourth-order valence-corrected chi connectivity index (χ4v) is 3.39. The van der Waals surface area contributed by atoms with Crippen LogP contribution in [0.5, 0.6) is 11.5 Å². The highest BCUT2D eigenvalue weighted by atomic mass is 16.6. The highest BCUT2D eigenvalue weighted by Gasteiger charge is 2.42. The third-order valence-electron chi connectivity index (χ3n) is 4.82. The van der Waals surface area contributed by atoms with Gasteiger partial charge in [0.05, 0.1) is 23.6 Å². The molecule has 0 aromatic heterocycles. The quantitative estimate of drug-likeness (QED) is 0.439. The normalized spacial score (nSPS) is 18.2. The third kappa shape index (κ3) is 3.75. The number of para-hydroxylation sites is 1. The second-order valence-corrected chi connectivity index (χ2v) is 6.70. The number of methoxy groups -OCH3 is 1. The van der Waals surface area contributed by atoms with Gasteiger partial charge in [0.1, 0.15) is 5.92 Å². The lowest BCUT2D eigenvalue weighted by molar-refractivity contribution is -0.386. The van der Waals surface area contributed by atoms with Gasteiger partial charge in [-0.05, 0) is 30.7 Å². The van der Waals surface area contributed by atoms with Gasteiger partial charge in [-0.3, -0.25) is 14.9 Å². The first kappa shape index (κ1) is 20.6. The Morgan fingerprint density at radius 2 is 2.00 bits per heavy atom. The SMILES string of the molecule is C=C1NC(=O)N[C@H](c2ccc(O)c(OC)c2[N+](=O)[O-])[C@H]1C(=O)Nc1ccccc1C. The molecule has 0 unspecified atom stereocenters. The largest absolute Gasteiger partial charge is 0.504 e. The molecule has 0 bridgehead atoms. The average Bonchev–Trinajstić information content (AvgIpc) is 2.68. The van der Waals surface area contributed by atoms with E-state index in [1.165, 1.54) is 19.2 Å². The number of nitrogens with zero attached hydrogens (tertiary/aromatic N) is 1. The molecule has 10 heteroatoms. The summed E-state index contributed by atoms with van der Waals surface area (Å²) in [6, 6.07) is 7.80. The van der Waals surface area contributed by atoms with E-state index in [1.807, 2.05) is 19.1 Å². The van der Waals surface area contributed by atoms with E-state index in [1.54, 1.807) is 12.1 Å². The fourth-order valence-electron chi connectivity index (χ4n) is 3.39. The van der Waals surface area contributed by atoms with Gasteiger partial charge in [-0.15, -0.1) is 0 Å². The highest BCUT2D eigenvalue weighted by Crippen LogP contribution is 2.44. The van der Waals surface area contributed by atoms with Gasteiger partial charge in [-0.2, -0.15) is 0 Å². The van der Waals surface area contributed by atoms with E-state index in [2.05, 4.69) is 22.5 Å². The number of aryl methyl sites for hydroxylation is 1. The van der Waals surface area contributed by atoms with E-state index in [-0.39, 0.29) is 17.0 Å². The first-order chi connectivity index (χ1) is 14.2. The lowest BCUT2D eigenvalue weighted by atomic mass is 9.87. The van der Waals surface area contributed by atoms with Crippen LogP contribution in [0.4, 0.5) is 16.2 Å². The summed E-state index contributed by atoms with van der Waals surface area (Å²) in [6.45, 7) is 5.58. The Morgan fingerprint density at radius 3 is 2.63 bits per heavy atom. The van der Waals surface area contributed by atoms with Crippen LogP contribution in [0.3, 0.4) is 0 Å². The van der Waals surface area contributed by atoms with Gasteiger partial charge < -0.3 is 25.8 Å². The van der Waals surface area contributed by atoms with Crippen molar-refractivity contribution in [1.29, 1.82) is 0 Å². The molecule has 0 aliphatic carbocycles. The number of nitrogens with one attached hydrogen (secondary N) is 3. The number of aromatic hydroxyl groups is 1. The van der Waals surface area contributed by atoms with Crippen molar-refractivity contribution < 1.29 is 24.4 Å². The monoisotopic (exact) mass is 412 g/mol. The van der Waals surface area contributed by atoms with Crippen LogP contribution in [-0.4, -0.2) is 29.1 Å². The summed E-state index contributed by atoms with van der Waals surface area (Å²) in [5.74, 6) is -2.40. The number of rotatable bonds is 5. The third-order valence-corrected chi connectivity index (χ3v) is 4.82. The van der Waals surface area contributed by atoms with Crippen LogP contribution in [0.15, 0.2) is 48.7 Å². The first-order valence-corrected chi connectivity index (χ1v) is 8.91. The predicted octanol–water partition coefficient (Wildman–Crippen LogP) is 2.74. The van der Waals surface area contributed by atoms with Gasteiger partial charge in [0.25, 0.3) is 0 Å². The average molecular weight is 412 g/mol. The minimum Gasteiger partial charge on any atom is -0.504 e. The number of phenolic OH excluding ortho intramolecular Hbond substituents is 1. The molecule has 0 saturated carbocycles. The van der Waals surface area contributed by atoms with Gasteiger partial charge >= 0.3 is 11.7 Å². The Bertz CT molecular complexity index is 1050. The van der Waals surface area contributed by atoms with Gasteiger partial charge in [-0.25, -0.2) is 4.79 Å². The maximum atomic E-state index is 13.1. The van der Waals surface area contributed by atoms with Crippen molar-refractivity contribution in [3.8, 4) is 11.5 Å². The molecule has 3 amide bonds. The lowest BCUT2D eigenvalue weighted by Gasteiger charge is -2.33. The zero-order chi connectivity index (χ0) is 22.0. The number of hydrogen-bond donors (Lipinski definition) is 4. The summed E-state index contributed by atoms with van der Waals surface area (Å²) in [6.07, 6.45) is 0. The van der Waals surface area contributed by atoms with Crippen molar-refractivity contribution in [2.75, 3.05) is 12.4 Å². The number of carbonyl (C=O) groups excluding carboxylic acids is 2. The van der Waals surface area contributed by atoms with E-state index < -0.39 is 40.3 Å². The molecule has 10 nitrogen and oxygen atoms in total. The lowest BCUT2D eigenvalue weighted by Crippen LogP contribution is -2.52. The van der Waals surface area contributed by atoms with Crippen molar-refractivity contribution >= 4 is 23.3 Å². The molecular weight excluding hydrogens is 392 g/mol.